The van der Waals surface area contributed by atoms with E-state index in [1.54, 1.807) is 35.4 Å². The molecule has 0 saturated heterocycles. The van der Waals surface area contributed by atoms with Crippen molar-refractivity contribution in [3.05, 3.63) is 50.4 Å². The highest BCUT2D eigenvalue weighted by Gasteiger charge is 2.21. The Hall–Kier alpha value is -1.10. The molecule has 0 N–H and O–H groups in total. The van der Waals surface area contributed by atoms with Gasteiger partial charge in [0.25, 0.3) is 5.91 Å². The number of amides is 1. The van der Waals surface area contributed by atoms with Gasteiger partial charge in [0.2, 0.25) is 0 Å². The molecule has 0 radical (unpaired) electrons. The van der Waals surface area contributed by atoms with Gasteiger partial charge in [-0.2, -0.15) is 0 Å². The molecule has 106 valence electrons. The molecule has 2 aromatic rings. The number of carbonyl (C=O) groups is 1. The molecule has 6 heteroatoms. The lowest BCUT2D eigenvalue weighted by Crippen LogP contribution is -2.37. The van der Waals surface area contributed by atoms with E-state index < -0.39 is 0 Å². The molecule has 0 aliphatic carbocycles. The van der Waals surface area contributed by atoms with Gasteiger partial charge in [-0.15, -0.1) is 11.3 Å². The molecule has 1 amide bonds. The van der Waals surface area contributed by atoms with Crippen LogP contribution in [0.3, 0.4) is 0 Å². The number of carbonyl (C=O) groups excluding carboxylic acids is 1. The van der Waals surface area contributed by atoms with E-state index >= 15 is 0 Å². The van der Waals surface area contributed by atoms with E-state index in [1.807, 2.05) is 18.4 Å². The van der Waals surface area contributed by atoms with Crippen LogP contribution >= 0.6 is 34.5 Å². The van der Waals surface area contributed by atoms with Crippen molar-refractivity contribution >= 4 is 40.4 Å². The van der Waals surface area contributed by atoms with Gasteiger partial charge in [0.1, 0.15) is 10.8 Å². The van der Waals surface area contributed by atoms with Crippen LogP contribution in [0.2, 0.25) is 10.2 Å². The number of aromatic nitrogens is 1. The highest BCUT2D eigenvalue weighted by atomic mass is 35.5. The van der Waals surface area contributed by atoms with Gasteiger partial charge in [-0.3, -0.25) is 4.79 Å². The van der Waals surface area contributed by atoms with Crippen molar-refractivity contribution in [1.29, 1.82) is 0 Å². The third-order valence-electron chi connectivity index (χ3n) is 3.07. The summed E-state index contributed by atoms with van der Waals surface area (Å²) in [6.07, 6.45) is 0.804. The summed E-state index contributed by atoms with van der Waals surface area (Å²) >= 11 is 13.5. The minimum absolute atomic E-state index is 0.0537. The molecular weight excluding hydrogens is 315 g/mol. The predicted molar refractivity (Wildman–Crippen MR) is 83.8 cm³/mol. The average Bonchev–Trinajstić information content (AvgIpc) is 2.92. The quantitative estimate of drug-likeness (QED) is 0.790. The standard InChI is InChI=1S/C14H14Cl2N2OS/c1-9(8-10-4-3-7-20-10)18(2)14(19)13-11(15)5-6-12(16)17-13/h3-7,9H,8H2,1-2H3. The van der Waals surface area contributed by atoms with Crippen molar-refractivity contribution in [3.63, 3.8) is 0 Å². The molecule has 1 atom stereocenters. The zero-order valence-electron chi connectivity index (χ0n) is 11.1. The molecule has 2 aromatic heterocycles. The van der Waals surface area contributed by atoms with Gasteiger partial charge in [-0.05, 0) is 30.5 Å². The third kappa shape index (κ3) is 3.51. The number of thiophene rings is 1. The molecule has 20 heavy (non-hydrogen) atoms. The Kier molecular flexibility index (Phi) is 5.02. The summed E-state index contributed by atoms with van der Waals surface area (Å²) in [5.74, 6) is -0.221. The fourth-order valence-corrected chi connectivity index (χ4v) is 2.95. The molecular formula is C14H14Cl2N2OS. The van der Waals surface area contributed by atoms with Gasteiger partial charge >= 0.3 is 0 Å². The second kappa shape index (κ2) is 6.57. The van der Waals surface area contributed by atoms with Crippen LogP contribution in [0.1, 0.15) is 22.3 Å². The fraction of sp³-hybridized carbons (Fsp3) is 0.286. The number of hydrogen-bond acceptors (Lipinski definition) is 3. The zero-order valence-corrected chi connectivity index (χ0v) is 13.5. The number of pyridine rings is 1. The smallest absolute Gasteiger partial charge is 0.274 e. The first-order valence-corrected chi connectivity index (χ1v) is 7.74. The normalized spacial score (nSPS) is 12.2. The Labute approximate surface area is 132 Å². The van der Waals surface area contributed by atoms with Crippen LogP contribution in [0.4, 0.5) is 0 Å². The van der Waals surface area contributed by atoms with Crippen molar-refractivity contribution < 1.29 is 4.79 Å². The number of hydrogen-bond donors (Lipinski definition) is 0. The summed E-state index contributed by atoms with van der Waals surface area (Å²) in [5.41, 5.74) is 0.194. The Morgan fingerprint density at radius 3 is 2.80 bits per heavy atom. The molecule has 1 unspecified atom stereocenters. The van der Waals surface area contributed by atoms with Crippen LogP contribution in [0, 0.1) is 0 Å². The summed E-state index contributed by atoms with van der Waals surface area (Å²) in [5, 5.41) is 2.60. The SMILES string of the molecule is CC(Cc1cccs1)N(C)C(=O)c1nc(Cl)ccc1Cl. The average molecular weight is 329 g/mol. The largest absolute Gasteiger partial charge is 0.337 e. The van der Waals surface area contributed by atoms with Crippen LogP contribution in [0.5, 0.6) is 0 Å². The van der Waals surface area contributed by atoms with E-state index in [4.69, 9.17) is 23.2 Å². The van der Waals surface area contributed by atoms with E-state index in [9.17, 15) is 4.79 Å². The van der Waals surface area contributed by atoms with E-state index in [2.05, 4.69) is 11.1 Å². The van der Waals surface area contributed by atoms with Crippen LogP contribution < -0.4 is 0 Å². The summed E-state index contributed by atoms with van der Waals surface area (Å²) in [7, 11) is 1.75. The van der Waals surface area contributed by atoms with Gasteiger partial charge in [-0.1, -0.05) is 29.3 Å². The predicted octanol–water partition coefficient (Wildman–Crippen LogP) is 4.15. The maximum absolute atomic E-state index is 12.4. The van der Waals surface area contributed by atoms with Gasteiger partial charge in [0.05, 0.1) is 5.02 Å². The van der Waals surface area contributed by atoms with E-state index in [0.717, 1.165) is 6.42 Å². The Balaban J connectivity index is 2.13. The van der Waals surface area contributed by atoms with E-state index in [-0.39, 0.29) is 22.8 Å². The monoisotopic (exact) mass is 328 g/mol. The molecule has 0 bridgehead atoms. The molecule has 2 rings (SSSR count). The van der Waals surface area contributed by atoms with Gasteiger partial charge in [0, 0.05) is 24.4 Å². The Bertz CT molecular complexity index is 601. The zero-order chi connectivity index (χ0) is 14.7. The first-order valence-electron chi connectivity index (χ1n) is 6.10. The maximum Gasteiger partial charge on any atom is 0.274 e. The lowest BCUT2D eigenvalue weighted by molar-refractivity contribution is 0.0738. The van der Waals surface area contributed by atoms with Gasteiger partial charge < -0.3 is 4.90 Å². The number of rotatable bonds is 4. The number of halogens is 2. The molecule has 2 heterocycles. The van der Waals surface area contributed by atoms with Crippen LogP contribution in [-0.4, -0.2) is 28.9 Å². The van der Waals surface area contributed by atoms with E-state index in [0.29, 0.717) is 5.02 Å². The lowest BCUT2D eigenvalue weighted by atomic mass is 10.1. The third-order valence-corrected chi connectivity index (χ3v) is 4.49. The highest BCUT2D eigenvalue weighted by molar-refractivity contribution is 7.09. The summed E-state index contributed by atoms with van der Waals surface area (Å²) < 4.78 is 0. The number of nitrogens with zero attached hydrogens (tertiary/aromatic N) is 2. The van der Waals surface area contributed by atoms with E-state index in [1.165, 1.54) is 4.88 Å². The molecule has 0 aliphatic heterocycles. The van der Waals surface area contributed by atoms with Crippen molar-refractivity contribution in [1.82, 2.24) is 9.88 Å². The lowest BCUT2D eigenvalue weighted by Gasteiger charge is -2.24. The van der Waals surface area contributed by atoms with Gasteiger partial charge in [0.15, 0.2) is 0 Å². The maximum atomic E-state index is 12.4. The van der Waals surface area contributed by atoms with Crippen LogP contribution in [0.15, 0.2) is 29.6 Å². The van der Waals surface area contributed by atoms with Crippen molar-refractivity contribution in [2.75, 3.05) is 7.05 Å². The first kappa shape index (κ1) is 15.3. The second-order valence-corrected chi connectivity index (χ2v) is 6.34. The minimum atomic E-state index is -0.221. The molecule has 0 saturated carbocycles. The minimum Gasteiger partial charge on any atom is -0.337 e. The summed E-state index contributed by atoms with van der Waals surface area (Å²) in [6.45, 7) is 2.00. The Morgan fingerprint density at radius 1 is 1.40 bits per heavy atom. The molecule has 0 aliphatic rings. The fourth-order valence-electron chi connectivity index (χ4n) is 1.79. The highest BCUT2D eigenvalue weighted by Crippen LogP contribution is 2.20. The van der Waals surface area contributed by atoms with Gasteiger partial charge in [-0.25, -0.2) is 4.98 Å². The molecule has 0 fully saturated rings. The van der Waals surface area contributed by atoms with Crippen LogP contribution in [0.25, 0.3) is 0 Å². The second-order valence-electron chi connectivity index (χ2n) is 4.51. The summed E-state index contributed by atoms with van der Waals surface area (Å²) in [6, 6.07) is 7.27. The van der Waals surface area contributed by atoms with Crippen molar-refractivity contribution in [2.45, 2.75) is 19.4 Å². The van der Waals surface area contributed by atoms with Crippen LogP contribution in [-0.2, 0) is 6.42 Å². The number of likely N-dealkylation sites (N-methyl/N-ethyl adjacent to an activating group) is 1. The molecule has 3 nitrogen and oxygen atoms in total. The molecule has 0 spiro atoms. The summed E-state index contributed by atoms with van der Waals surface area (Å²) in [4.78, 5) is 19.3. The van der Waals surface area contributed by atoms with Crippen molar-refractivity contribution in [3.8, 4) is 0 Å². The molecule has 0 aromatic carbocycles. The first-order chi connectivity index (χ1) is 9.49. The topological polar surface area (TPSA) is 33.2 Å². The Morgan fingerprint density at radius 2 is 2.15 bits per heavy atom. The van der Waals surface area contributed by atoms with Crippen molar-refractivity contribution in [2.24, 2.45) is 0 Å².